The minimum Gasteiger partial charge on any atom is -0.444 e. The molecule has 2 aliphatic heterocycles. The summed E-state index contributed by atoms with van der Waals surface area (Å²) in [5, 5.41) is 3.07. The molecule has 6 nitrogen and oxygen atoms in total. The summed E-state index contributed by atoms with van der Waals surface area (Å²) in [4.78, 5) is 16.8. The number of nitrogens with one attached hydrogen (secondary N) is 1. The number of amides is 1. The first-order valence-electron chi connectivity index (χ1n) is 8.50. The first-order valence-corrected chi connectivity index (χ1v) is 9.49. The van der Waals surface area contributed by atoms with E-state index in [-0.39, 0.29) is 24.4 Å². The summed E-state index contributed by atoms with van der Waals surface area (Å²) in [6, 6.07) is 4.47. The Labute approximate surface area is 156 Å². The van der Waals surface area contributed by atoms with Crippen LogP contribution in [0.3, 0.4) is 0 Å². The van der Waals surface area contributed by atoms with E-state index < -0.39 is 17.2 Å². The lowest BCUT2D eigenvalue weighted by molar-refractivity contribution is 0.0564. The number of amidine groups is 1. The molecular formula is C18H24FN3O3S. The van der Waals surface area contributed by atoms with Crippen molar-refractivity contribution in [1.29, 1.82) is 0 Å². The number of hydrogen-bond donors (Lipinski definition) is 2. The van der Waals surface area contributed by atoms with Crippen LogP contribution in [0.5, 0.6) is 0 Å². The van der Waals surface area contributed by atoms with Gasteiger partial charge >= 0.3 is 6.09 Å². The van der Waals surface area contributed by atoms with Gasteiger partial charge in [0.1, 0.15) is 17.0 Å². The lowest BCUT2D eigenvalue weighted by atomic mass is 9.79. The zero-order chi connectivity index (χ0) is 19.1. The standard InChI is InChI=1S/C18H24FN3O3S/c1-10-13-8-26-15(21-16(23)25-17(2,3)4)22-18(13,9-24-10)12-7-11(20)5-6-14(12)19/h5-7,10,13H,8-9,20H2,1-4H3,(H,21,22,23). The molecule has 1 amide bonds. The predicted octanol–water partition coefficient (Wildman–Crippen LogP) is 3.27. The lowest BCUT2D eigenvalue weighted by Crippen LogP contribution is -2.44. The van der Waals surface area contributed by atoms with E-state index in [2.05, 4.69) is 5.32 Å². The Bertz CT molecular complexity index is 750. The highest BCUT2D eigenvalue weighted by atomic mass is 32.2. The molecule has 1 aromatic rings. The Hall–Kier alpha value is -1.80. The molecule has 26 heavy (non-hydrogen) atoms. The maximum Gasteiger partial charge on any atom is 0.413 e. The van der Waals surface area contributed by atoms with Crippen LogP contribution >= 0.6 is 11.8 Å². The van der Waals surface area contributed by atoms with Gasteiger partial charge in [-0.1, -0.05) is 11.8 Å². The van der Waals surface area contributed by atoms with Gasteiger partial charge in [0.2, 0.25) is 0 Å². The molecule has 8 heteroatoms. The highest BCUT2D eigenvalue weighted by Gasteiger charge is 2.53. The molecule has 1 saturated heterocycles. The first-order chi connectivity index (χ1) is 12.1. The number of ether oxygens (including phenoxy) is 2. The van der Waals surface area contributed by atoms with Gasteiger partial charge in [-0.3, -0.25) is 5.32 Å². The second kappa shape index (κ2) is 6.74. The molecule has 0 aromatic heterocycles. The summed E-state index contributed by atoms with van der Waals surface area (Å²) in [5.74, 6) is 0.242. The quantitative estimate of drug-likeness (QED) is 0.729. The van der Waals surface area contributed by atoms with Gasteiger partial charge in [0, 0.05) is 22.9 Å². The monoisotopic (exact) mass is 381 g/mol. The number of carbonyl (C=O) groups excluding carboxylic acids is 1. The van der Waals surface area contributed by atoms with E-state index in [4.69, 9.17) is 20.2 Å². The molecule has 3 N–H and O–H groups in total. The van der Waals surface area contributed by atoms with Crippen LogP contribution in [0.1, 0.15) is 33.3 Å². The fourth-order valence-electron chi connectivity index (χ4n) is 3.31. The van der Waals surface area contributed by atoms with Crippen LogP contribution in [-0.4, -0.2) is 35.3 Å². The van der Waals surface area contributed by atoms with Crippen molar-refractivity contribution in [2.75, 3.05) is 18.1 Å². The smallest absolute Gasteiger partial charge is 0.413 e. The first kappa shape index (κ1) is 19.0. The summed E-state index contributed by atoms with van der Waals surface area (Å²) >= 11 is 1.41. The second-order valence-electron chi connectivity index (χ2n) is 7.64. The number of carbonyl (C=O) groups is 1. The maximum atomic E-state index is 14.6. The largest absolute Gasteiger partial charge is 0.444 e. The molecular weight excluding hydrogens is 357 g/mol. The molecule has 2 heterocycles. The Kier molecular flexibility index (Phi) is 4.92. The van der Waals surface area contributed by atoms with E-state index in [0.29, 0.717) is 22.2 Å². The fourth-order valence-corrected chi connectivity index (χ4v) is 4.58. The van der Waals surface area contributed by atoms with Crippen molar-refractivity contribution >= 4 is 28.7 Å². The van der Waals surface area contributed by atoms with Gasteiger partial charge in [0.15, 0.2) is 5.17 Å². The molecule has 0 aliphatic carbocycles. The van der Waals surface area contributed by atoms with E-state index >= 15 is 0 Å². The van der Waals surface area contributed by atoms with Gasteiger partial charge < -0.3 is 15.2 Å². The van der Waals surface area contributed by atoms with Crippen LogP contribution in [0.15, 0.2) is 23.2 Å². The van der Waals surface area contributed by atoms with E-state index in [1.54, 1.807) is 26.8 Å². The SMILES string of the molecule is CC1OCC2(c3cc(N)ccc3F)N=C(NC(=O)OC(C)(C)C)SCC12. The number of alkyl carbamates (subject to hydrolysis) is 1. The lowest BCUT2D eigenvalue weighted by Gasteiger charge is -2.36. The zero-order valence-electron chi connectivity index (χ0n) is 15.3. The van der Waals surface area contributed by atoms with Crippen molar-refractivity contribution in [3.8, 4) is 0 Å². The van der Waals surface area contributed by atoms with Gasteiger partial charge in [-0.2, -0.15) is 0 Å². The topological polar surface area (TPSA) is 85.9 Å². The Morgan fingerprint density at radius 2 is 2.23 bits per heavy atom. The summed E-state index contributed by atoms with van der Waals surface area (Å²) in [7, 11) is 0. The minimum absolute atomic E-state index is 0.0204. The van der Waals surface area contributed by atoms with Crippen LogP contribution in [-0.2, 0) is 15.0 Å². The molecule has 3 rings (SSSR count). The van der Waals surface area contributed by atoms with E-state index in [1.165, 1.54) is 23.9 Å². The predicted molar refractivity (Wildman–Crippen MR) is 101 cm³/mol. The molecule has 0 radical (unpaired) electrons. The van der Waals surface area contributed by atoms with Crippen LogP contribution in [0, 0.1) is 11.7 Å². The van der Waals surface area contributed by atoms with E-state index in [9.17, 15) is 9.18 Å². The summed E-state index contributed by atoms with van der Waals surface area (Å²) in [6.07, 6.45) is -0.660. The van der Waals surface area contributed by atoms with Gasteiger partial charge in [-0.15, -0.1) is 0 Å². The zero-order valence-corrected chi connectivity index (χ0v) is 16.2. The molecule has 0 bridgehead atoms. The number of anilines is 1. The average Bonchev–Trinajstić information content (AvgIpc) is 2.85. The van der Waals surface area contributed by atoms with Gasteiger partial charge in [0.25, 0.3) is 0 Å². The molecule has 142 valence electrons. The number of benzene rings is 1. The molecule has 2 aliphatic rings. The molecule has 1 fully saturated rings. The van der Waals surface area contributed by atoms with Gasteiger partial charge in [-0.25, -0.2) is 14.2 Å². The highest BCUT2D eigenvalue weighted by molar-refractivity contribution is 8.13. The second-order valence-corrected chi connectivity index (χ2v) is 8.65. The van der Waals surface area contributed by atoms with Crippen LogP contribution in [0.2, 0.25) is 0 Å². The fraction of sp³-hybridized carbons (Fsp3) is 0.556. The number of nitrogens with two attached hydrogens (primary N) is 1. The third kappa shape index (κ3) is 3.66. The number of rotatable bonds is 1. The summed E-state index contributed by atoms with van der Waals surface area (Å²) in [6.45, 7) is 7.55. The van der Waals surface area contributed by atoms with E-state index in [0.717, 1.165) is 0 Å². The third-order valence-electron chi connectivity index (χ3n) is 4.51. The Morgan fingerprint density at radius 3 is 2.92 bits per heavy atom. The Balaban J connectivity index is 1.96. The maximum absolute atomic E-state index is 14.6. The molecule has 1 aromatic carbocycles. The van der Waals surface area contributed by atoms with Crippen molar-refractivity contribution in [1.82, 2.24) is 5.32 Å². The molecule has 3 unspecified atom stereocenters. The Morgan fingerprint density at radius 1 is 1.50 bits per heavy atom. The van der Waals surface area contributed by atoms with E-state index in [1.807, 2.05) is 6.92 Å². The van der Waals surface area contributed by atoms with Gasteiger partial charge in [-0.05, 0) is 45.9 Å². The molecule has 3 atom stereocenters. The van der Waals surface area contributed by atoms with Crippen molar-refractivity contribution in [3.63, 3.8) is 0 Å². The highest BCUT2D eigenvalue weighted by Crippen LogP contribution is 2.48. The summed E-state index contributed by atoms with van der Waals surface area (Å²) < 4.78 is 25.7. The normalized spacial score (nSPS) is 28.3. The van der Waals surface area contributed by atoms with Crippen molar-refractivity contribution in [2.45, 2.75) is 44.9 Å². The number of thioether (sulfide) groups is 1. The number of aliphatic imine (C=N–C) groups is 1. The van der Waals surface area contributed by atoms with Crippen molar-refractivity contribution in [2.24, 2.45) is 10.9 Å². The van der Waals surface area contributed by atoms with Gasteiger partial charge in [0.05, 0.1) is 12.7 Å². The van der Waals surface area contributed by atoms with Crippen LogP contribution in [0.25, 0.3) is 0 Å². The number of nitrogens with zero attached hydrogens (tertiary/aromatic N) is 1. The minimum atomic E-state index is -0.908. The van der Waals surface area contributed by atoms with Crippen molar-refractivity contribution < 1.29 is 18.7 Å². The number of fused-ring (bicyclic) bond motifs is 1. The average molecular weight is 381 g/mol. The third-order valence-corrected chi connectivity index (χ3v) is 5.50. The molecule has 0 saturated carbocycles. The summed E-state index contributed by atoms with van der Waals surface area (Å²) in [5.41, 5.74) is 5.22. The van der Waals surface area contributed by atoms with Crippen molar-refractivity contribution in [3.05, 3.63) is 29.6 Å². The van der Waals surface area contributed by atoms with Crippen LogP contribution < -0.4 is 11.1 Å². The number of halogens is 1. The molecule has 0 spiro atoms. The van der Waals surface area contributed by atoms with Crippen LogP contribution in [0.4, 0.5) is 14.9 Å². The number of nitrogen functional groups attached to an aromatic ring is 1. The number of hydrogen-bond acceptors (Lipinski definition) is 6.